The molecule has 2 aliphatic carbocycles. The number of amides is 1. The molecule has 1 amide bonds. The molecule has 1 saturated carbocycles. The number of fused-ring (bicyclic) bond motifs is 2. The Morgan fingerprint density at radius 1 is 1.31 bits per heavy atom. The average Bonchev–Trinajstić information content (AvgIpc) is 3.72. The average molecular weight is 591 g/mol. The minimum absolute atomic E-state index is 0.0109. The molecule has 0 aromatic rings. The Bertz CT molecular complexity index is 1100. The molecule has 3 fully saturated rings. The summed E-state index contributed by atoms with van der Waals surface area (Å²) in [5.74, 6) is -1.45. The lowest BCUT2D eigenvalue weighted by Crippen LogP contribution is -2.67. The molecule has 0 radical (unpaired) electrons. The van der Waals surface area contributed by atoms with Gasteiger partial charge in [0.2, 0.25) is 5.91 Å². The van der Waals surface area contributed by atoms with Crippen molar-refractivity contribution in [3.63, 3.8) is 0 Å². The van der Waals surface area contributed by atoms with Crippen molar-refractivity contribution in [2.24, 2.45) is 16.6 Å². The lowest BCUT2D eigenvalue weighted by atomic mass is 9.51. The summed E-state index contributed by atoms with van der Waals surface area (Å²) in [6, 6.07) is -0.924. The van der Waals surface area contributed by atoms with Crippen LogP contribution in [0.15, 0.2) is 36.0 Å². The third kappa shape index (κ3) is 6.21. The number of rotatable bonds is 14. The van der Waals surface area contributed by atoms with Gasteiger partial charge in [-0.15, -0.1) is 0 Å². The third-order valence-electron chi connectivity index (χ3n) is 9.55. The molecular formula is C31H46N2O9. The van der Waals surface area contributed by atoms with Crippen molar-refractivity contribution < 1.29 is 43.5 Å². The maximum Gasteiger partial charge on any atom is 0.331 e. The van der Waals surface area contributed by atoms with Crippen LogP contribution >= 0.6 is 0 Å². The zero-order valence-corrected chi connectivity index (χ0v) is 24.9. The van der Waals surface area contributed by atoms with E-state index in [0.29, 0.717) is 32.3 Å². The number of carbonyl (C=O) groups is 3. The summed E-state index contributed by atoms with van der Waals surface area (Å²) in [7, 11) is 0. The Labute approximate surface area is 247 Å². The second-order valence-corrected chi connectivity index (χ2v) is 12.3. The maximum atomic E-state index is 13.4. The van der Waals surface area contributed by atoms with Crippen LogP contribution < -0.4 is 11.1 Å². The molecule has 11 heteroatoms. The van der Waals surface area contributed by atoms with E-state index in [4.69, 9.17) is 24.7 Å². The van der Waals surface area contributed by atoms with Gasteiger partial charge in [-0.1, -0.05) is 36.8 Å². The van der Waals surface area contributed by atoms with E-state index in [1.165, 1.54) is 11.6 Å². The Balaban J connectivity index is 1.58. The molecule has 0 unspecified atom stereocenters. The second-order valence-electron chi connectivity index (χ2n) is 12.3. The van der Waals surface area contributed by atoms with Gasteiger partial charge in [0, 0.05) is 37.5 Å². The number of nitrogens with one attached hydrogen (secondary N) is 1. The van der Waals surface area contributed by atoms with Crippen LogP contribution in [0.25, 0.3) is 0 Å². The second kappa shape index (κ2) is 13.4. The van der Waals surface area contributed by atoms with Crippen LogP contribution in [0.3, 0.4) is 0 Å². The summed E-state index contributed by atoms with van der Waals surface area (Å²) >= 11 is 0. The zero-order chi connectivity index (χ0) is 30.5. The van der Waals surface area contributed by atoms with Crippen molar-refractivity contribution >= 4 is 17.8 Å². The fourth-order valence-corrected chi connectivity index (χ4v) is 7.04. The van der Waals surface area contributed by atoms with Crippen molar-refractivity contribution in [3.05, 3.63) is 36.0 Å². The first kappa shape index (κ1) is 32.3. The Hall–Kier alpha value is -2.57. The quantitative estimate of drug-likeness (QED) is 0.0766. The van der Waals surface area contributed by atoms with Gasteiger partial charge in [-0.05, 0) is 46.0 Å². The molecule has 2 saturated heterocycles. The van der Waals surface area contributed by atoms with E-state index in [2.05, 4.69) is 18.3 Å². The van der Waals surface area contributed by atoms with Crippen molar-refractivity contribution in [3.8, 4) is 0 Å². The molecule has 0 aromatic heterocycles. The molecule has 4 rings (SSSR count). The van der Waals surface area contributed by atoms with Crippen LogP contribution in [0.2, 0.25) is 0 Å². The normalized spacial score (nSPS) is 34.6. The molecule has 234 valence electrons. The lowest BCUT2D eigenvalue weighted by molar-refractivity contribution is -0.233. The van der Waals surface area contributed by atoms with E-state index < -0.39 is 46.6 Å². The predicted molar refractivity (Wildman–Crippen MR) is 153 cm³/mol. The first-order valence-electron chi connectivity index (χ1n) is 15.0. The highest BCUT2D eigenvalue weighted by Crippen LogP contribution is 2.72. The fraction of sp³-hybridized carbons (Fsp3) is 0.710. The van der Waals surface area contributed by atoms with E-state index in [1.807, 2.05) is 6.92 Å². The van der Waals surface area contributed by atoms with Gasteiger partial charge in [-0.2, -0.15) is 0 Å². The Kier molecular flexibility index (Phi) is 10.3. The standard InChI is InChI=1S/C31H46N2O9/c1-20-11-13-30(18-39-28(38)22(9-7-15-34)33-26(36)12-14-32)24(16-20)41-25-17-23(29(30,3)31(25)19-40-31)42-27(37)10-6-4-5-8-21(2)35/h4-6,10,16,21-25,34-35H,7-9,11-15,17-19,32H2,1-3H3,(H,33,36)/b5-4+,10-6-/t21-,22+,23-,24-,25-,29-,30-,31+/m1/s1. The van der Waals surface area contributed by atoms with Crippen molar-refractivity contribution in [1.29, 1.82) is 0 Å². The van der Waals surface area contributed by atoms with E-state index in [1.54, 1.807) is 25.2 Å². The molecule has 4 aliphatic rings. The van der Waals surface area contributed by atoms with Crippen molar-refractivity contribution in [2.45, 2.75) is 102 Å². The van der Waals surface area contributed by atoms with Gasteiger partial charge in [0.1, 0.15) is 24.4 Å². The molecule has 42 heavy (non-hydrogen) atoms. The third-order valence-corrected chi connectivity index (χ3v) is 9.55. The molecule has 2 bridgehead atoms. The zero-order valence-electron chi connectivity index (χ0n) is 24.9. The van der Waals surface area contributed by atoms with Crippen LogP contribution in [0.1, 0.15) is 65.7 Å². The number of hydrogen-bond acceptors (Lipinski definition) is 10. The van der Waals surface area contributed by atoms with Crippen LogP contribution in [0.5, 0.6) is 0 Å². The fourth-order valence-electron chi connectivity index (χ4n) is 7.04. The van der Waals surface area contributed by atoms with Crippen molar-refractivity contribution in [2.75, 3.05) is 26.4 Å². The number of allylic oxidation sites excluding steroid dienone is 3. The van der Waals surface area contributed by atoms with Gasteiger partial charge in [0.25, 0.3) is 0 Å². The van der Waals surface area contributed by atoms with Gasteiger partial charge in [0.05, 0.1) is 30.3 Å². The van der Waals surface area contributed by atoms with Crippen molar-refractivity contribution in [1.82, 2.24) is 5.32 Å². The first-order valence-corrected chi connectivity index (χ1v) is 15.0. The SMILES string of the molecule is CC1=C[C@H]2O[C@@H]3C[C@@H](OC(=O)/C=C\C=C\C[C@@H](C)O)[C@](C)([C@@]2(COC(=O)[C@H](CCCO)NC(=O)CCN)CC1)[C@]31CO1. The maximum absolute atomic E-state index is 13.4. The molecule has 5 N–H and O–H groups in total. The number of nitrogens with two attached hydrogens (primary N) is 1. The van der Waals surface area contributed by atoms with E-state index >= 15 is 0 Å². The van der Waals surface area contributed by atoms with Crippen LogP contribution in [0.4, 0.5) is 0 Å². The lowest BCUT2D eigenvalue weighted by Gasteiger charge is -2.58. The summed E-state index contributed by atoms with van der Waals surface area (Å²) in [6.45, 7) is 6.27. The van der Waals surface area contributed by atoms with E-state index in [0.717, 1.165) is 6.42 Å². The Morgan fingerprint density at radius 2 is 2.07 bits per heavy atom. The monoisotopic (exact) mass is 590 g/mol. The molecule has 2 heterocycles. The van der Waals surface area contributed by atoms with E-state index in [9.17, 15) is 24.6 Å². The summed E-state index contributed by atoms with van der Waals surface area (Å²) in [4.78, 5) is 38.6. The minimum Gasteiger partial charge on any atom is -0.463 e. The highest BCUT2D eigenvalue weighted by molar-refractivity contribution is 5.84. The molecule has 11 nitrogen and oxygen atoms in total. The smallest absolute Gasteiger partial charge is 0.331 e. The van der Waals surface area contributed by atoms with E-state index in [-0.39, 0.29) is 50.7 Å². The molecular weight excluding hydrogens is 544 g/mol. The number of aliphatic hydroxyl groups is 2. The van der Waals surface area contributed by atoms with Crippen LogP contribution in [-0.2, 0) is 33.3 Å². The topological polar surface area (TPSA) is 170 Å². The highest BCUT2D eigenvalue weighted by atomic mass is 16.6. The number of carbonyl (C=O) groups excluding carboxylic acids is 3. The number of hydrogen-bond donors (Lipinski definition) is 4. The Morgan fingerprint density at radius 3 is 2.74 bits per heavy atom. The largest absolute Gasteiger partial charge is 0.463 e. The molecule has 1 spiro atoms. The van der Waals surface area contributed by atoms with Gasteiger partial charge < -0.3 is 40.2 Å². The van der Waals surface area contributed by atoms with Gasteiger partial charge in [-0.3, -0.25) is 4.79 Å². The molecule has 0 aromatic carbocycles. The number of epoxide rings is 1. The van der Waals surface area contributed by atoms with Gasteiger partial charge >= 0.3 is 11.9 Å². The summed E-state index contributed by atoms with van der Waals surface area (Å²) < 4.78 is 24.9. The molecule has 8 atom stereocenters. The number of esters is 2. The number of ether oxygens (including phenoxy) is 4. The first-order chi connectivity index (χ1) is 20.0. The molecule has 2 aliphatic heterocycles. The summed E-state index contributed by atoms with van der Waals surface area (Å²) in [5, 5.41) is 21.4. The van der Waals surface area contributed by atoms with Crippen LogP contribution in [-0.4, -0.2) is 90.5 Å². The van der Waals surface area contributed by atoms with Gasteiger partial charge in [0.15, 0.2) is 0 Å². The summed E-state index contributed by atoms with van der Waals surface area (Å²) in [6.07, 6.45) is 9.77. The minimum atomic E-state index is -0.924. The highest BCUT2D eigenvalue weighted by Gasteiger charge is 2.83. The number of aliphatic hydroxyl groups excluding tert-OH is 2. The summed E-state index contributed by atoms with van der Waals surface area (Å²) in [5.41, 5.74) is 4.54. The van der Waals surface area contributed by atoms with Gasteiger partial charge in [-0.25, -0.2) is 9.59 Å². The predicted octanol–water partition coefficient (Wildman–Crippen LogP) is 1.60. The van der Waals surface area contributed by atoms with Crippen LogP contribution in [0, 0.1) is 10.8 Å².